The van der Waals surface area contributed by atoms with Crippen LogP contribution in [0.5, 0.6) is 0 Å². The van der Waals surface area contributed by atoms with Gasteiger partial charge in [-0.1, -0.05) is 30.2 Å². The molecule has 1 spiro atoms. The Hall–Kier alpha value is -1.36. The van der Waals surface area contributed by atoms with Crippen LogP contribution in [-0.2, 0) is 9.47 Å². The molecule has 4 nitrogen and oxygen atoms in total. The van der Waals surface area contributed by atoms with E-state index < -0.39 is 0 Å². The van der Waals surface area contributed by atoms with Gasteiger partial charge >= 0.3 is 0 Å². The summed E-state index contributed by atoms with van der Waals surface area (Å²) in [6, 6.07) is 9.25. The molecule has 1 aliphatic heterocycles. The molecule has 0 amide bonds. The highest BCUT2D eigenvalue weighted by Gasteiger charge is 2.57. The maximum Gasteiger partial charge on any atom is 0.169 e. The first kappa shape index (κ1) is 21.2. The Labute approximate surface area is 193 Å². The normalized spacial score (nSPS) is 40.2. The molecule has 1 aromatic rings. The molecule has 174 valence electrons. The third kappa shape index (κ3) is 3.13. The van der Waals surface area contributed by atoms with Gasteiger partial charge in [0.15, 0.2) is 5.79 Å². The van der Waals surface area contributed by atoms with Gasteiger partial charge in [0.05, 0.1) is 19.3 Å². The minimum absolute atomic E-state index is 0.0417. The van der Waals surface area contributed by atoms with E-state index in [2.05, 4.69) is 50.2 Å². The average Bonchev–Trinajstić information content (AvgIpc) is 3.37. The van der Waals surface area contributed by atoms with Gasteiger partial charge in [-0.25, -0.2) is 0 Å². The number of rotatable bonds is 2. The van der Waals surface area contributed by atoms with Crippen molar-refractivity contribution in [2.24, 2.45) is 23.2 Å². The summed E-state index contributed by atoms with van der Waals surface area (Å²) >= 11 is 0. The van der Waals surface area contributed by atoms with Crippen LogP contribution in [0.15, 0.2) is 35.4 Å². The molecule has 6 rings (SSSR count). The summed E-state index contributed by atoms with van der Waals surface area (Å²) in [5.41, 5.74) is 6.22. The zero-order valence-corrected chi connectivity index (χ0v) is 20.0. The van der Waals surface area contributed by atoms with Gasteiger partial charge in [0.25, 0.3) is 0 Å². The van der Waals surface area contributed by atoms with E-state index in [1.54, 1.807) is 11.1 Å². The molecular formula is C28H39NO3. The summed E-state index contributed by atoms with van der Waals surface area (Å²) < 4.78 is 12.3. The largest absolute Gasteiger partial charge is 0.393 e. The summed E-state index contributed by atoms with van der Waals surface area (Å²) in [5.74, 6) is 2.00. The topological polar surface area (TPSA) is 41.9 Å². The minimum Gasteiger partial charge on any atom is -0.393 e. The van der Waals surface area contributed by atoms with E-state index >= 15 is 0 Å². The number of aliphatic hydroxyl groups excluding tert-OH is 1. The number of anilines is 1. The molecular weight excluding hydrogens is 398 g/mol. The van der Waals surface area contributed by atoms with E-state index in [1.165, 1.54) is 30.5 Å². The summed E-state index contributed by atoms with van der Waals surface area (Å²) in [7, 11) is 4.21. The number of benzene rings is 1. The van der Waals surface area contributed by atoms with Crippen LogP contribution in [0.4, 0.5) is 5.69 Å². The van der Waals surface area contributed by atoms with Gasteiger partial charge in [0.2, 0.25) is 0 Å². The first-order valence-electron chi connectivity index (χ1n) is 12.9. The zero-order chi connectivity index (χ0) is 22.1. The Morgan fingerprint density at radius 2 is 1.72 bits per heavy atom. The van der Waals surface area contributed by atoms with E-state index in [0.29, 0.717) is 23.7 Å². The molecule has 3 saturated carbocycles. The third-order valence-corrected chi connectivity index (χ3v) is 9.91. The standard InChI is InChI=1S/C28H39NO3/c1-27-17-23(18-4-7-20(8-5-18)29(2)3)26-21-12-13-28(31-14-15-32-28)16-19(21)6-9-22(26)24(27)10-11-25(27)30/h4-5,7-8,19,22-25,30H,6,9-17H2,1-3H3/t19?,22?,23?,24?,25?,27-/m0/s1. The molecule has 1 saturated heterocycles. The van der Waals surface area contributed by atoms with Crippen molar-refractivity contribution in [1.29, 1.82) is 0 Å². The number of aliphatic hydroxyl groups is 1. The molecule has 5 unspecified atom stereocenters. The second kappa shape index (κ2) is 7.58. The van der Waals surface area contributed by atoms with E-state index in [9.17, 15) is 5.11 Å². The summed E-state index contributed by atoms with van der Waals surface area (Å²) in [5, 5.41) is 11.1. The molecule has 1 heterocycles. The Kier molecular flexibility index (Phi) is 5.02. The summed E-state index contributed by atoms with van der Waals surface area (Å²) in [4.78, 5) is 2.17. The van der Waals surface area contributed by atoms with Crippen molar-refractivity contribution in [2.75, 3.05) is 32.2 Å². The van der Waals surface area contributed by atoms with Crippen molar-refractivity contribution in [3.8, 4) is 0 Å². The number of nitrogens with zero attached hydrogens (tertiary/aromatic N) is 1. The van der Waals surface area contributed by atoms with E-state index in [4.69, 9.17) is 9.47 Å². The number of allylic oxidation sites excluding steroid dienone is 2. The van der Waals surface area contributed by atoms with Crippen LogP contribution >= 0.6 is 0 Å². The lowest BCUT2D eigenvalue weighted by Crippen LogP contribution is -2.47. The van der Waals surface area contributed by atoms with Crippen LogP contribution in [0.3, 0.4) is 0 Å². The fourth-order valence-electron chi connectivity index (χ4n) is 8.26. The number of hydrogen-bond acceptors (Lipinski definition) is 4. The van der Waals surface area contributed by atoms with Crippen molar-refractivity contribution in [2.45, 2.75) is 76.1 Å². The van der Waals surface area contributed by atoms with Crippen LogP contribution in [-0.4, -0.2) is 44.3 Å². The van der Waals surface area contributed by atoms with Crippen molar-refractivity contribution in [3.63, 3.8) is 0 Å². The maximum absolute atomic E-state index is 11.1. The maximum atomic E-state index is 11.1. The van der Waals surface area contributed by atoms with Crippen LogP contribution in [0.1, 0.15) is 69.8 Å². The number of ether oxygens (including phenoxy) is 2. The molecule has 1 N–H and O–H groups in total. The van der Waals surface area contributed by atoms with Crippen LogP contribution in [0.25, 0.3) is 0 Å². The van der Waals surface area contributed by atoms with Gasteiger partial charge in [-0.2, -0.15) is 0 Å². The molecule has 1 aromatic carbocycles. The Bertz CT molecular complexity index is 900. The quantitative estimate of drug-likeness (QED) is 0.640. The first-order valence-corrected chi connectivity index (χ1v) is 12.9. The lowest BCUT2D eigenvalue weighted by atomic mass is 9.52. The molecule has 6 atom stereocenters. The Morgan fingerprint density at radius 1 is 0.969 bits per heavy atom. The fourth-order valence-corrected chi connectivity index (χ4v) is 8.26. The Balaban J connectivity index is 1.42. The molecule has 0 radical (unpaired) electrons. The van der Waals surface area contributed by atoms with Crippen LogP contribution < -0.4 is 4.90 Å². The highest BCUT2D eigenvalue weighted by molar-refractivity contribution is 5.49. The fraction of sp³-hybridized carbons (Fsp3) is 0.714. The molecule has 4 fully saturated rings. The van der Waals surface area contributed by atoms with Gasteiger partial charge in [0.1, 0.15) is 0 Å². The van der Waals surface area contributed by atoms with Gasteiger partial charge in [-0.05, 0) is 79.4 Å². The second-order valence-corrected chi connectivity index (χ2v) is 11.6. The predicted octanol–water partition coefficient (Wildman–Crippen LogP) is 5.27. The molecule has 0 bridgehead atoms. The van der Waals surface area contributed by atoms with Crippen molar-refractivity contribution >= 4 is 5.69 Å². The zero-order valence-electron chi connectivity index (χ0n) is 20.0. The van der Waals surface area contributed by atoms with E-state index in [-0.39, 0.29) is 17.3 Å². The monoisotopic (exact) mass is 437 g/mol. The highest BCUT2D eigenvalue weighted by atomic mass is 16.7. The van der Waals surface area contributed by atoms with Crippen LogP contribution in [0, 0.1) is 23.2 Å². The SMILES string of the molecule is CN(C)c1ccc(C2C[C@]3(C)C(O)CCC3C3CCC4CC5(CCC4=C23)OCCO5)cc1. The second-order valence-electron chi connectivity index (χ2n) is 11.6. The average molecular weight is 438 g/mol. The van der Waals surface area contributed by atoms with Crippen molar-refractivity contribution < 1.29 is 14.6 Å². The van der Waals surface area contributed by atoms with Gasteiger partial charge in [-0.15, -0.1) is 0 Å². The van der Waals surface area contributed by atoms with Crippen LogP contribution in [0.2, 0.25) is 0 Å². The Morgan fingerprint density at radius 3 is 2.44 bits per heavy atom. The molecule has 4 aliphatic carbocycles. The third-order valence-electron chi connectivity index (χ3n) is 9.91. The van der Waals surface area contributed by atoms with Gasteiger partial charge in [0, 0.05) is 38.5 Å². The molecule has 5 aliphatic rings. The summed E-state index contributed by atoms with van der Waals surface area (Å²) in [6.07, 6.45) is 8.77. The minimum atomic E-state index is -0.308. The molecule has 32 heavy (non-hydrogen) atoms. The number of hydrogen-bond donors (Lipinski definition) is 1. The number of fused-ring (bicyclic) bond motifs is 4. The van der Waals surface area contributed by atoms with E-state index in [0.717, 1.165) is 45.3 Å². The van der Waals surface area contributed by atoms with Crippen molar-refractivity contribution in [3.05, 3.63) is 41.0 Å². The molecule has 0 aromatic heterocycles. The van der Waals surface area contributed by atoms with Gasteiger partial charge in [-0.3, -0.25) is 0 Å². The van der Waals surface area contributed by atoms with E-state index in [1.807, 2.05) is 0 Å². The predicted molar refractivity (Wildman–Crippen MR) is 127 cm³/mol. The lowest BCUT2D eigenvalue weighted by molar-refractivity contribution is -0.181. The van der Waals surface area contributed by atoms with Gasteiger partial charge < -0.3 is 19.5 Å². The molecule has 4 heteroatoms. The van der Waals surface area contributed by atoms with Crippen molar-refractivity contribution in [1.82, 2.24) is 0 Å². The highest BCUT2D eigenvalue weighted by Crippen LogP contribution is 2.64. The summed E-state index contributed by atoms with van der Waals surface area (Å²) in [6.45, 7) is 3.89. The first-order chi connectivity index (χ1) is 15.4. The smallest absolute Gasteiger partial charge is 0.169 e. The lowest BCUT2D eigenvalue weighted by Gasteiger charge is -2.54.